The third-order valence-corrected chi connectivity index (χ3v) is 5.41. The molecule has 4 heteroatoms. The molecule has 1 aromatic heterocycles. The van der Waals surface area contributed by atoms with Crippen molar-refractivity contribution in [3.63, 3.8) is 0 Å². The molecular weight excluding hydrogens is 286 g/mol. The minimum Gasteiger partial charge on any atom is -0.337 e. The number of carbonyl (C=O) groups excluding carboxylic acids is 1. The molecule has 0 saturated heterocycles. The predicted molar refractivity (Wildman–Crippen MR) is 71.0 cm³/mol. The van der Waals surface area contributed by atoms with E-state index in [4.69, 9.17) is 0 Å². The molecule has 0 unspecified atom stereocenters. The summed E-state index contributed by atoms with van der Waals surface area (Å²) >= 11 is 5.29. The first kappa shape index (κ1) is 12.1. The average molecular weight is 302 g/mol. The number of rotatable bonds is 2. The summed E-state index contributed by atoms with van der Waals surface area (Å²) in [5.74, 6) is 0.572. The van der Waals surface area contributed by atoms with Crippen molar-refractivity contribution in [1.82, 2.24) is 4.90 Å². The van der Waals surface area contributed by atoms with E-state index in [0.29, 0.717) is 5.92 Å². The second kappa shape index (κ2) is 4.88. The first-order valence-electron chi connectivity index (χ1n) is 5.57. The third-order valence-electron chi connectivity index (χ3n) is 2.94. The molecule has 0 fully saturated rings. The number of fused-ring (bicyclic) bond motifs is 1. The van der Waals surface area contributed by atoms with Crippen molar-refractivity contribution in [2.45, 2.75) is 31.6 Å². The van der Waals surface area contributed by atoms with Crippen LogP contribution >= 0.6 is 27.3 Å². The maximum atomic E-state index is 12.2. The van der Waals surface area contributed by atoms with E-state index in [9.17, 15) is 4.79 Å². The largest absolute Gasteiger partial charge is 0.337 e. The molecule has 1 aliphatic heterocycles. The van der Waals surface area contributed by atoms with Crippen molar-refractivity contribution < 1.29 is 4.79 Å². The quantitative estimate of drug-likeness (QED) is 0.769. The zero-order valence-corrected chi connectivity index (χ0v) is 12.0. The first-order chi connectivity index (χ1) is 7.59. The van der Waals surface area contributed by atoms with Crippen molar-refractivity contribution in [2.75, 3.05) is 6.54 Å². The summed E-state index contributed by atoms with van der Waals surface area (Å²) in [6.07, 6.45) is 1.01. The number of nitrogens with zero attached hydrogens (tertiary/aromatic N) is 1. The van der Waals surface area contributed by atoms with E-state index in [1.807, 2.05) is 4.90 Å². The van der Waals surface area contributed by atoms with Gasteiger partial charge in [0, 0.05) is 18.0 Å². The molecule has 0 spiro atoms. The molecule has 0 bridgehead atoms. The molecular formula is C12H16BrNOS. The summed E-state index contributed by atoms with van der Waals surface area (Å²) in [5.41, 5.74) is 1.33. The van der Waals surface area contributed by atoms with Gasteiger partial charge in [-0.1, -0.05) is 29.8 Å². The summed E-state index contributed by atoms with van der Waals surface area (Å²) in [6.45, 7) is 5.78. The van der Waals surface area contributed by atoms with E-state index in [1.54, 1.807) is 11.3 Å². The van der Waals surface area contributed by atoms with E-state index in [0.717, 1.165) is 19.5 Å². The van der Waals surface area contributed by atoms with Crippen molar-refractivity contribution in [2.24, 2.45) is 5.92 Å². The molecule has 0 radical (unpaired) electrons. The van der Waals surface area contributed by atoms with Gasteiger partial charge in [0.15, 0.2) is 0 Å². The third kappa shape index (κ3) is 2.33. The lowest BCUT2D eigenvalue weighted by Gasteiger charge is -2.29. The zero-order valence-electron chi connectivity index (χ0n) is 9.57. The average Bonchev–Trinajstić information content (AvgIpc) is 2.73. The fourth-order valence-corrected chi connectivity index (χ4v) is 3.08. The van der Waals surface area contributed by atoms with Gasteiger partial charge < -0.3 is 4.90 Å². The van der Waals surface area contributed by atoms with Crippen LogP contribution in [-0.4, -0.2) is 22.2 Å². The van der Waals surface area contributed by atoms with Crippen molar-refractivity contribution in [3.8, 4) is 0 Å². The fraction of sp³-hybridized carbons (Fsp3) is 0.583. The molecule has 2 rings (SSSR count). The van der Waals surface area contributed by atoms with Gasteiger partial charge in [0.25, 0.3) is 0 Å². The van der Waals surface area contributed by atoms with E-state index < -0.39 is 0 Å². The Labute approximate surface area is 109 Å². The number of thiophene rings is 1. The Balaban J connectivity index is 2.06. The fourth-order valence-electron chi connectivity index (χ4n) is 1.90. The van der Waals surface area contributed by atoms with Gasteiger partial charge in [0.1, 0.15) is 0 Å². The zero-order chi connectivity index (χ0) is 11.7. The molecule has 0 aliphatic carbocycles. The second-order valence-electron chi connectivity index (χ2n) is 4.52. The first-order valence-corrected chi connectivity index (χ1v) is 7.37. The number of halogens is 1. The highest BCUT2D eigenvalue weighted by Crippen LogP contribution is 2.26. The highest BCUT2D eigenvalue weighted by molar-refractivity contribution is 9.10. The minimum absolute atomic E-state index is 0.0484. The van der Waals surface area contributed by atoms with Crippen LogP contribution in [0.15, 0.2) is 11.4 Å². The van der Waals surface area contributed by atoms with Crippen molar-refractivity contribution >= 4 is 33.2 Å². The van der Waals surface area contributed by atoms with Crippen LogP contribution in [0.2, 0.25) is 0 Å². The van der Waals surface area contributed by atoms with Crippen LogP contribution in [0.25, 0.3) is 0 Å². The number of hydrogen-bond acceptors (Lipinski definition) is 2. The van der Waals surface area contributed by atoms with Crippen LogP contribution in [0.1, 0.15) is 24.3 Å². The minimum atomic E-state index is -0.0484. The summed E-state index contributed by atoms with van der Waals surface area (Å²) in [6, 6.07) is 2.14. The maximum absolute atomic E-state index is 12.2. The Bertz CT molecular complexity index is 388. The Kier molecular flexibility index (Phi) is 3.70. The molecule has 1 aliphatic rings. The van der Waals surface area contributed by atoms with Crippen LogP contribution in [0.3, 0.4) is 0 Å². The Morgan fingerprint density at radius 1 is 1.56 bits per heavy atom. The molecule has 0 saturated carbocycles. The van der Waals surface area contributed by atoms with E-state index >= 15 is 0 Å². The molecule has 2 nitrogen and oxygen atoms in total. The molecule has 1 amide bonds. The molecule has 1 atom stereocenters. The summed E-state index contributed by atoms with van der Waals surface area (Å²) < 4.78 is 0. The Morgan fingerprint density at radius 2 is 2.31 bits per heavy atom. The van der Waals surface area contributed by atoms with Gasteiger partial charge >= 0.3 is 0 Å². The standard InChI is InChI=1S/C12H16BrNOS/c1-8(2)11(13)12(15)14-5-3-10-9(7-14)4-6-16-10/h4,6,8,11H,3,5,7H2,1-2H3/t11-/m1/s1. The van der Waals surface area contributed by atoms with E-state index in [2.05, 4.69) is 41.2 Å². The topological polar surface area (TPSA) is 20.3 Å². The van der Waals surface area contributed by atoms with E-state index in [1.165, 1.54) is 10.4 Å². The van der Waals surface area contributed by atoms with Gasteiger partial charge in [-0.05, 0) is 29.3 Å². The highest BCUT2D eigenvalue weighted by Gasteiger charge is 2.27. The van der Waals surface area contributed by atoms with Gasteiger partial charge in [-0.2, -0.15) is 0 Å². The lowest BCUT2D eigenvalue weighted by Crippen LogP contribution is -2.41. The van der Waals surface area contributed by atoms with Crippen LogP contribution in [-0.2, 0) is 17.8 Å². The molecule has 16 heavy (non-hydrogen) atoms. The number of amides is 1. The van der Waals surface area contributed by atoms with Gasteiger partial charge in [-0.3, -0.25) is 4.79 Å². The molecule has 2 heterocycles. The summed E-state index contributed by atoms with van der Waals surface area (Å²) in [4.78, 5) is 15.5. The highest BCUT2D eigenvalue weighted by atomic mass is 79.9. The number of carbonyl (C=O) groups is 1. The van der Waals surface area contributed by atoms with Crippen LogP contribution in [0.5, 0.6) is 0 Å². The van der Waals surface area contributed by atoms with Crippen molar-refractivity contribution in [1.29, 1.82) is 0 Å². The summed E-state index contributed by atoms with van der Waals surface area (Å²) in [5, 5.41) is 2.12. The normalized spacial score (nSPS) is 17.4. The van der Waals surface area contributed by atoms with Crippen LogP contribution < -0.4 is 0 Å². The smallest absolute Gasteiger partial charge is 0.236 e. The SMILES string of the molecule is CC(C)[C@@H](Br)C(=O)N1CCc2sccc2C1. The molecule has 0 aromatic carbocycles. The van der Waals surface area contributed by atoms with Gasteiger partial charge in [-0.15, -0.1) is 11.3 Å². The molecule has 88 valence electrons. The molecule has 0 N–H and O–H groups in total. The van der Waals surface area contributed by atoms with Crippen LogP contribution in [0.4, 0.5) is 0 Å². The monoisotopic (exact) mass is 301 g/mol. The Hall–Kier alpha value is -0.350. The lowest BCUT2D eigenvalue weighted by atomic mass is 10.1. The van der Waals surface area contributed by atoms with Gasteiger partial charge in [-0.25, -0.2) is 0 Å². The van der Waals surface area contributed by atoms with Crippen LogP contribution in [0, 0.1) is 5.92 Å². The van der Waals surface area contributed by atoms with E-state index in [-0.39, 0.29) is 10.7 Å². The van der Waals surface area contributed by atoms with Crippen molar-refractivity contribution in [3.05, 3.63) is 21.9 Å². The summed E-state index contributed by atoms with van der Waals surface area (Å²) in [7, 11) is 0. The molecule has 1 aromatic rings. The Morgan fingerprint density at radius 3 is 3.00 bits per heavy atom. The van der Waals surface area contributed by atoms with Gasteiger partial charge in [0.2, 0.25) is 5.91 Å². The predicted octanol–water partition coefficient (Wildman–Crippen LogP) is 3.05. The second-order valence-corrected chi connectivity index (χ2v) is 6.51. The maximum Gasteiger partial charge on any atom is 0.236 e. The van der Waals surface area contributed by atoms with Gasteiger partial charge in [0.05, 0.1) is 4.83 Å². The lowest BCUT2D eigenvalue weighted by molar-refractivity contribution is -0.132. The number of hydrogen-bond donors (Lipinski definition) is 0. The number of alkyl halides is 1.